The Morgan fingerprint density at radius 2 is 2.09 bits per heavy atom. The maximum atomic E-state index is 12.4. The van der Waals surface area contributed by atoms with E-state index < -0.39 is 19.7 Å². The standard InChI is InChI=1S/C21H26N7O5P/c1-14(26-32-10-15-5-3-2-4-6-15)21(29)27-34(30,31)33-11-16-7-8-17(9-16)28-13-25-18-19(22)23-12-24-20(18)28/h2-8,12-14,16-17,26H,9-11H2,1H3,(H2,22,23,24)(H2,27,29,30,31)/t14-,16+,17-/m1/s1. The molecule has 4 atom stereocenters. The first-order chi connectivity index (χ1) is 16.3. The van der Waals surface area contributed by atoms with E-state index in [-0.39, 0.29) is 25.2 Å². The van der Waals surface area contributed by atoms with Gasteiger partial charge in [0.15, 0.2) is 11.5 Å². The van der Waals surface area contributed by atoms with Crippen LogP contribution >= 0.6 is 7.75 Å². The first-order valence-corrected chi connectivity index (χ1v) is 12.2. The van der Waals surface area contributed by atoms with Gasteiger partial charge in [0.1, 0.15) is 17.9 Å². The third-order valence-corrected chi connectivity index (χ3v) is 6.35. The van der Waals surface area contributed by atoms with Gasteiger partial charge in [-0.1, -0.05) is 42.5 Å². The fourth-order valence-corrected chi connectivity index (χ4v) is 4.47. The number of nitrogen functional groups attached to an aromatic ring is 1. The van der Waals surface area contributed by atoms with E-state index in [1.54, 1.807) is 6.33 Å². The lowest BCUT2D eigenvalue weighted by atomic mass is 10.1. The van der Waals surface area contributed by atoms with E-state index in [0.717, 1.165) is 5.56 Å². The van der Waals surface area contributed by atoms with Crippen LogP contribution in [0.15, 0.2) is 55.1 Å². The van der Waals surface area contributed by atoms with Crippen molar-refractivity contribution in [3.63, 3.8) is 0 Å². The van der Waals surface area contributed by atoms with Gasteiger partial charge < -0.3 is 15.2 Å². The maximum absolute atomic E-state index is 12.4. The van der Waals surface area contributed by atoms with Crippen molar-refractivity contribution in [2.75, 3.05) is 12.3 Å². The molecule has 0 radical (unpaired) electrons. The lowest BCUT2D eigenvalue weighted by Crippen LogP contribution is -2.41. The molecule has 180 valence electrons. The number of carbonyl (C=O) groups excluding carboxylic acids is 1. The van der Waals surface area contributed by atoms with Crippen LogP contribution in [-0.4, -0.2) is 43.0 Å². The molecule has 0 aliphatic heterocycles. The second-order valence-corrected chi connectivity index (χ2v) is 9.46. The minimum absolute atomic E-state index is 0.0445. The zero-order valence-corrected chi connectivity index (χ0v) is 19.3. The fraction of sp³-hybridized carbons (Fsp3) is 0.333. The Bertz CT molecular complexity index is 1220. The van der Waals surface area contributed by atoms with E-state index >= 15 is 0 Å². The van der Waals surface area contributed by atoms with Crippen molar-refractivity contribution in [1.29, 1.82) is 0 Å². The number of anilines is 1. The predicted molar refractivity (Wildman–Crippen MR) is 124 cm³/mol. The van der Waals surface area contributed by atoms with Gasteiger partial charge in [0.2, 0.25) is 5.91 Å². The highest BCUT2D eigenvalue weighted by atomic mass is 31.2. The molecule has 13 heteroatoms. The Labute approximate surface area is 195 Å². The normalized spacial score (nSPS) is 20.3. The molecule has 0 saturated heterocycles. The highest BCUT2D eigenvalue weighted by Crippen LogP contribution is 2.39. The molecule has 0 spiro atoms. The van der Waals surface area contributed by atoms with E-state index in [0.29, 0.717) is 23.4 Å². The number of benzene rings is 1. The number of imidazole rings is 1. The molecule has 12 nitrogen and oxygen atoms in total. The van der Waals surface area contributed by atoms with Crippen LogP contribution in [0.1, 0.15) is 24.9 Å². The van der Waals surface area contributed by atoms with E-state index in [1.165, 1.54) is 13.3 Å². The van der Waals surface area contributed by atoms with Gasteiger partial charge in [0.05, 0.1) is 25.6 Å². The van der Waals surface area contributed by atoms with Crippen molar-refractivity contribution in [2.24, 2.45) is 5.92 Å². The fourth-order valence-electron chi connectivity index (χ4n) is 3.54. The van der Waals surface area contributed by atoms with Gasteiger partial charge in [-0.2, -0.15) is 5.48 Å². The van der Waals surface area contributed by atoms with Crippen LogP contribution in [0.3, 0.4) is 0 Å². The number of nitrogens with zero attached hydrogens (tertiary/aromatic N) is 4. The second-order valence-electron chi connectivity index (χ2n) is 7.94. The number of hydroxylamine groups is 1. The summed E-state index contributed by atoms with van der Waals surface area (Å²) in [6, 6.07) is 8.46. The summed E-state index contributed by atoms with van der Waals surface area (Å²) in [5.41, 5.74) is 10.4. The smallest absolute Gasteiger partial charge is 0.382 e. The number of carbonyl (C=O) groups is 1. The Balaban J connectivity index is 1.23. The largest absolute Gasteiger partial charge is 0.432 e. The van der Waals surface area contributed by atoms with Crippen LogP contribution in [0.2, 0.25) is 0 Å². The minimum atomic E-state index is -4.36. The van der Waals surface area contributed by atoms with E-state index in [4.69, 9.17) is 15.1 Å². The Morgan fingerprint density at radius 1 is 1.29 bits per heavy atom. The first kappa shape index (κ1) is 24.0. The molecule has 34 heavy (non-hydrogen) atoms. The SMILES string of the molecule is C[C@@H](NOCc1ccccc1)C(=O)NP(=O)(O)OC[C@H]1C=C[C@@H](n2cnc3c(N)ncnc32)C1. The van der Waals surface area contributed by atoms with Gasteiger partial charge in [-0.25, -0.2) is 19.5 Å². The molecule has 1 amide bonds. The summed E-state index contributed by atoms with van der Waals surface area (Å²) < 4.78 is 19.4. The van der Waals surface area contributed by atoms with Gasteiger partial charge >= 0.3 is 7.75 Å². The van der Waals surface area contributed by atoms with E-state index in [2.05, 4.69) is 20.4 Å². The second kappa shape index (κ2) is 10.4. The summed E-state index contributed by atoms with van der Waals surface area (Å²) in [4.78, 5) is 40.0. The molecule has 5 N–H and O–H groups in total. The molecular formula is C21H26N7O5P. The molecular weight excluding hydrogens is 461 g/mol. The van der Waals surface area contributed by atoms with Gasteiger partial charge in [-0.05, 0) is 18.9 Å². The van der Waals surface area contributed by atoms with Gasteiger partial charge in [0.25, 0.3) is 0 Å². The van der Waals surface area contributed by atoms with Gasteiger partial charge in [0, 0.05) is 5.92 Å². The van der Waals surface area contributed by atoms with Crippen LogP contribution in [-0.2, 0) is 25.3 Å². The quantitative estimate of drug-likeness (QED) is 0.188. The van der Waals surface area contributed by atoms with Crippen LogP contribution in [0.25, 0.3) is 11.2 Å². The highest BCUT2D eigenvalue weighted by molar-refractivity contribution is 7.51. The molecule has 2 aromatic heterocycles. The number of nitrogens with two attached hydrogens (primary N) is 1. The van der Waals surface area contributed by atoms with Crippen molar-refractivity contribution in [3.8, 4) is 0 Å². The third kappa shape index (κ3) is 5.85. The van der Waals surface area contributed by atoms with Gasteiger partial charge in [-0.15, -0.1) is 0 Å². The molecule has 2 heterocycles. The number of hydrogen-bond acceptors (Lipinski definition) is 9. The Morgan fingerprint density at radius 3 is 2.88 bits per heavy atom. The third-order valence-electron chi connectivity index (χ3n) is 5.34. The van der Waals surface area contributed by atoms with Crippen molar-refractivity contribution in [3.05, 3.63) is 60.7 Å². The lowest BCUT2D eigenvalue weighted by molar-refractivity contribution is -0.125. The van der Waals surface area contributed by atoms with Crippen LogP contribution in [0, 0.1) is 5.92 Å². The first-order valence-electron chi connectivity index (χ1n) is 10.6. The number of nitrogens with one attached hydrogen (secondary N) is 2. The van der Waals surface area contributed by atoms with Crippen LogP contribution < -0.4 is 16.3 Å². The molecule has 1 aliphatic carbocycles. The zero-order chi connectivity index (χ0) is 24.1. The molecule has 1 unspecified atom stereocenters. The number of allylic oxidation sites excluding steroid dienone is 1. The van der Waals surface area contributed by atoms with E-state index in [1.807, 2.05) is 52.1 Å². The molecule has 1 aromatic carbocycles. The number of amides is 1. The maximum Gasteiger partial charge on any atom is 0.432 e. The number of fused-ring (bicyclic) bond motifs is 1. The van der Waals surface area contributed by atoms with Crippen LogP contribution in [0.4, 0.5) is 5.82 Å². The van der Waals surface area contributed by atoms with Crippen molar-refractivity contribution >= 4 is 30.6 Å². The molecule has 3 aromatic rings. The molecule has 0 fully saturated rings. The summed E-state index contributed by atoms with van der Waals surface area (Å²) >= 11 is 0. The lowest BCUT2D eigenvalue weighted by Gasteiger charge is -2.19. The van der Waals surface area contributed by atoms with Crippen molar-refractivity contribution < 1.29 is 23.6 Å². The topological polar surface area (TPSA) is 167 Å². The highest BCUT2D eigenvalue weighted by Gasteiger charge is 2.29. The zero-order valence-electron chi connectivity index (χ0n) is 18.4. The van der Waals surface area contributed by atoms with E-state index in [9.17, 15) is 14.3 Å². The number of hydrogen-bond donors (Lipinski definition) is 4. The van der Waals surface area contributed by atoms with Crippen LogP contribution in [0.5, 0.6) is 0 Å². The summed E-state index contributed by atoms with van der Waals surface area (Å²) in [7, 11) is -4.36. The monoisotopic (exact) mass is 487 g/mol. The summed E-state index contributed by atoms with van der Waals surface area (Å²) in [5, 5.41) is 2.04. The predicted octanol–water partition coefficient (Wildman–Crippen LogP) is 1.87. The number of aromatic nitrogens is 4. The molecule has 0 bridgehead atoms. The van der Waals surface area contributed by atoms with Crippen molar-refractivity contribution in [1.82, 2.24) is 30.1 Å². The van der Waals surface area contributed by atoms with Crippen molar-refractivity contribution in [2.45, 2.75) is 32.0 Å². The Kier molecular flexibility index (Phi) is 7.35. The summed E-state index contributed by atoms with van der Waals surface area (Å²) in [6.45, 7) is 1.71. The minimum Gasteiger partial charge on any atom is -0.382 e. The summed E-state index contributed by atoms with van der Waals surface area (Å²) in [6.07, 6.45) is 7.46. The Hall–Kier alpha value is -3.15. The average molecular weight is 487 g/mol. The molecule has 0 saturated carbocycles. The molecule has 1 aliphatic rings. The van der Waals surface area contributed by atoms with Gasteiger partial charge in [-0.3, -0.25) is 19.2 Å². The number of rotatable bonds is 10. The average Bonchev–Trinajstić information content (AvgIpc) is 3.46. The summed E-state index contributed by atoms with van der Waals surface area (Å²) in [5.74, 6) is -0.554. The molecule has 4 rings (SSSR count).